The minimum Gasteiger partial charge on any atom is -0.299 e. The van der Waals surface area contributed by atoms with Crippen molar-refractivity contribution in [2.45, 2.75) is 25.4 Å². The number of likely N-dealkylation sites (tertiary alicyclic amines) is 1. The van der Waals surface area contributed by atoms with E-state index in [1.165, 1.54) is 5.56 Å². The van der Waals surface area contributed by atoms with Gasteiger partial charge < -0.3 is 0 Å². The molecule has 1 aromatic rings. The zero-order chi connectivity index (χ0) is 13.0. The SMILES string of the molecule is CN(C1CCN(Cc2ccccc2)CC1)S(=O)O. The van der Waals surface area contributed by atoms with E-state index in [0.717, 1.165) is 32.5 Å². The van der Waals surface area contributed by atoms with Crippen LogP contribution in [0.3, 0.4) is 0 Å². The van der Waals surface area contributed by atoms with Gasteiger partial charge in [-0.2, -0.15) is 0 Å². The molecule has 0 saturated carbocycles. The molecule has 5 heteroatoms. The topological polar surface area (TPSA) is 43.8 Å². The van der Waals surface area contributed by atoms with E-state index in [-0.39, 0.29) is 6.04 Å². The Bertz CT molecular complexity index is 391. The van der Waals surface area contributed by atoms with Gasteiger partial charge in [-0.1, -0.05) is 30.3 Å². The minimum atomic E-state index is -1.84. The molecule has 0 spiro atoms. The fourth-order valence-corrected chi connectivity index (χ4v) is 2.88. The Balaban J connectivity index is 1.82. The van der Waals surface area contributed by atoms with Crippen LogP contribution in [0.15, 0.2) is 30.3 Å². The molecule has 100 valence electrons. The Hall–Kier alpha value is -0.750. The van der Waals surface area contributed by atoms with Crippen molar-refractivity contribution in [2.75, 3.05) is 20.1 Å². The molecule has 1 fully saturated rings. The summed E-state index contributed by atoms with van der Waals surface area (Å²) in [5.41, 5.74) is 1.33. The molecular weight excluding hydrogens is 248 g/mol. The molecule has 1 unspecified atom stereocenters. The normalized spacial score (nSPS) is 20.2. The molecule has 0 bridgehead atoms. The highest BCUT2D eigenvalue weighted by Gasteiger charge is 2.24. The molecule has 0 aromatic heterocycles. The third-order valence-electron chi connectivity index (χ3n) is 3.57. The van der Waals surface area contributed by atoms with Crippen LogP contribution < -0.4 is 0 Å². The fourth-order valence-electron chi connectivity index (χ4n) is 2.41. The van der Waals surface area contributed by atoms with Crippen molar-refractivity contribution in [1.82, 2.24) is 9.21 Å². The van der Waals surface area contributed by atoms with E-state index in [0.29, 0.717) is 0 Å². The second-order valence-electron chi connectivity index (χ2n) is 4.77. The zero-order valence-corrected chi connectivity index (χ0v) is 11.5. The van der Waals surface area contributed by atoms with E-state index in [4.69, 9.17) is 4.55 Å². The van der Waals surface area contributed by atoms with Crippen LogP contribution in [0.5, 0.6) is 0 Å². The van der Waals surface area contributed by atoms with E-state index in [1.54, 1.807) is 11.4 Å². The van der Waals surface area contributed by atoms with Gasteiger partial charge in [-0.25, -0.2) is 8.51 Å². The van der Waals surface area contributed by atoms with Gasteiger partial charge in [0.05, 0.1) is 0 Å². The third-order valence-corrected chi connectivity index (χ3v) is 4.36. The quantitative estimate of drug-likeness (QED) is 0.846. The summed E-state index contributed by atoms with van der Waals surface area (Å²) in [5.74, 6) is 0. The lowest BCUT2D eigenvalue weighted by Crippen LogP contribution is -2.43. The van der Waals surface area contributed by atoms with Crippen LogP contribution in [-0.2, 0) is 17.8 Å². The average Bonchev–Trinajstić information content (AvgIpc) is 2.40. The van der Waals surface area contributed by atoms with E-state index in [9.17, 15) is 4.21 Å². The molecule has 1 N–H and O–H groups in total. The lowest BCUT2D eigenvalue weighted by Gasteiger charge is -2.34. The van der Waals surface area contributed by atoms with E-state index >= 15 is 0 Å². The smallest absolute Gasteiger partial charge is 0.234 e. The molecule has 0 amide bonds. The van der Waals surface area contributed by atoms with Gasteiger partial charge in [-0.05, 0) is 18.4 Å². The van der Waals surface area contributed by atoms with Gasteiger partial charge in [0, 0.05) is 32.7 Å². The van der Waals surface area contributed by atoms with Crippen molar-refractivity contribution in [1.29, 1.82) is 0 Å². The molecule has 1 aliphatic rings. The Labute approximate surface area is 111 Å². The Kier molecular flexibility index (Phi) is 4.88. The third kappa shape index (κ3) is 3.62. The van der Waals surface area contributed by atoms with Gasteiger partial charge in [0.2, 0.25) is 11.3 Å². The molecule has 0 aliphatic carbocycles. The van der Waals surface area contributed by atoms with Crippen LogP contribution in [0.2, 0.25) is 0 Å². The summed E-state index contributed by atoms with van der Waals surface area (Å²) in [6, 6.07) is 10.7. The van der Waals surface area contributed by atoms with Crippen LogP contribution in [0.4, 0.5) is 0 Å². The first-order chi connectivity index (χ1) is 8.66. The molecule has 2 rings (SSSR count). The van der Waals surface area contributed by atoms with E-state index in [1.807, 2.05) is 6.07 Å². The molecular formula is C13H20N2O2S. The van der Waals surface area contributed by atoms with Crippen LogP contribution in [0.1, 0.15) is 18.4 Å². The van der Waals surface area contributed by atoms with Crippen molar-refractivity contribution < 1.29 is 8.76 Å². The highest BCUT2D eigenvalue weighted by molar-refractivity contribution is 7.76. The van der Waals surface area contributed by atoms with Gasteiger partial charge in [-0.3, -0.25) is 9.45 Å². The molecule has 1 saturated heterocycles. The van der Waals surface area contributed by atoms with Crippen LogP contribution in [-0.4, -0.2) is 44.1 Å². The summed E-state index contributed by atoms with van der Waals surface area (Å²) in [6.45, 7) is 2.95. The average molecular weight is 268 g/mol. The lowest BCUT2D eigenvalue weighted by molar-refractivity contribution is 0.163. The Morgan fingerprint density at radius 2 is 1.94 bits per heavy atom. The van der Waals surface area contributed by atoms with Gasteiger partial charge in [0.15, 0.2) is 0 Å². The highest BCUT2D eigenvalue weighted by Crippen LogP contribution is 2.18. The maximum atomic E-state index is 11.0. The van der Waals surface area contributed by atoms with Crippen molar-refractivity contribution in [3.05, 3.63) is 35.9 Å². The van der Waals surface area contributed by atoms with Crippen LogP contribution >= 0.6 is 0 Å². The van der Waals surface area contributed by atoms with Crippen molar-refractivity contribution in [2.24, 2.45) is 0 Å². The standard InChI is InChI=1S/C13H20N2O2S/c1-14(18(16)17)13-7-9-15(10-8-13)11-12-5-3-2-4-6-12/h2-6,13H,7-11H2,1H3,(H,16,17). The predicted octanol–water partition coefficient (Wildman–Crippen LogP) is 1.72. The molecule has 0 radical (unpaired) electrons. The summed E-state index contributed by atoms with van der Waals surface area (Å²) in [7, 11) is 1.72. The van der Waals surface area contributed by atoms with Crippen LogP contribution in [0.25, 0.3) is 0 Å². The zero-order valence-electron chi connectivity index (χ0n) is 10.7. The number of hydrogen-bond acceptors (Lipinski definition) is 2. The summed E-state index contributed by atoms with van der Waals surface area (Å²) in [5, 5.41) is 0. The molecule has 1 heterocycles. The maximum absolute atomic E-state index is 11.0. The second-order valence-corrected chi connectivity index (χ2v) is 5.81. The summed E-state index contributed by atoms with van der Waals surface area (Å²) >= 11 is -1.84. The lowest BCUT2D eigenvalue weighted by atomic mass is 10.0. The predicted molar refractivity (Wildman–Crippen MR) is 73.3 cm³/mol. The Morgan fingerprint density at radius 3 is 2.50 bits per heavy atom. The largest absolute Gasteiger partial charge is 0.299 e. The van der Waals surface area contributed by atoms with E-state index in [2.05, 4.69) is 29.2 Å². The first kappa shape index (κ1) is 13.7. The number of piperidine rings is 1. The molecule has 18 heavy (non-hydrogen) atoms. The number of benzene rings is 1. The van der Waals surface area contributed by atoms with Crippen molar-refractivity contribution in [3.63, 3.8) is 0 Å². The minimum absolute atomic E-state index is 0.225. The maximum Gasteiger partial charge on any atom is 0.234 e. The highest BCUT2D eigenvalue weighted by atomic mass is 32.2. The Morgan fingerprint density at radius 1 is 1.33 bits per heavy atom. The van der Waals surface area contributed by atoms with Crippen molar-refractivity contribution >= 4 is 11.3 Å². The first-order valence-corrected chi connectivity index (χ1v) is 7.33. The van der Waals surface area contributed by atoms with Gasteiger partial charge >= 0.3 is 0 Å². The van der Waals surface area contributed by atoms with Crippen molar-refractivity contribution in [3.8, 4) is 0 Å². The number of hydrogen-bond donors (Lipinski definition) is 1. The number of rotatable bonds is 4. The molecule has 1 aromatic carbocycles. The monoisotopic (exact) mass is 268 g/mol. The summed E-state index contributed by atoms with van der Waals surface area (Å²) in [4.78, 5) is 2.40. The van der Waals surface area contributed by atoms with Gasteiger partial charge in [0.25, 0.3) is 0 Å². The number of nitrogens with zero attached hydrogens (tertiary/aromatic N) is 2. The summed E-state index contributed by atoms with van der Waals surface area (Å²) in [6.07, 6.45) is 1.91. The second kappa shape index (κ2) is 6.43. The van der Waals surface area contributed by atoms with Gasteiger partial charge in [-0.15, -0.1) is 0 Å². The van der Waals surface area contributed by atoms with E-state index < -0.39 is 11.3 Å². The summed E-state index contributed by atoms with van der Waals surface area (Å²) < 4.78 is 21.6. The molecule has 4 nitrogen and oxygen atoms in total. The van der Waals surface area contributed by atoms with Gasteiger partial charge in [0.1, 0.15) is 0 Å². The molecule has 1 aliphatic heterocycles. The van der Waals surface area contributed by atoms with Crippen LogP contribution in [0, 0.1) is 0 Å². The first-order valence-electron chi connectivity index (χ1n) is 6.27. The molecule has 1 atom stereocenters. The fraction of sp³-hybridized carbons (Fsp3) is 0.538.